The molecule has 18 heavy (non-hydrogen) atoms. The van der Waals surface area contributed by atoms with Crippen LogP contribution in [-0.2, 0) is 6.42 Å². The van der Waals surface area contributed by atoms with E-state index in [9.17, 15) is 0 Å². The number of piperidine rings is 1. The van der Waals surface area contributed by atoms with E-state index in [-0.39, 0.29) is 0 Å². The van der Waals surface area contributed by atoms with Gasteiger partial charge in [-0.2, -0.15) is 0 Å². The molecule has 1 aliphatic heterocycles. The Bertz CT molecular complexity index is 417. The maximum atomic E-state index is 5.99. The summed E-state index contributed by atoms with van der Waals surface area (Å²) in [6, 6.07) is 0. The van der Waals surface area contributed by atoms with Crippen LogP contribution in [0.15, 0.2) is 0 Å². The van der Waals surface area contributed by atoms with Crippen LogP contribution in [0.3, 0.4) is 0 Å². The standard InChI is InChI=1S/C14H24N4/c1-4-11-7-6-8-18(9-11)14-10(3)13(15)16-12(5-2)17-14/h11H,4-9H2,1-3H3,(H2,15,16,17). The SMILES string of the molecule is CCc1nc(N)c(C)c(N2CCCC(CC)C2)n1. The third kappa shape index (κ3) is 2.57. The van der Waals surface area contributed by atoms with Crippen molar-refractivity contribution in [3.8, 4) is 0 Å². The van der Waals surface area contributed by atoms with Crippen molar-refractivity contribution in [2.24, 2.45) is 5.92 Å². The Kier molecular flexibility index (Phi) is 4.04. The van der Waals surface area contributed by atoms with Crippen LogP contribution < -0.4 is 10.6 Å². The third-order valence-electron chi connectivity index (χ3n) is 3.92. The Hall–Kier alpha value is -1.32. The quantitative estimate of drug-likeness (QED) is 0.893. The molecule has 2 heterocycles. The van der Waals surface area contributed by atoms with Gasteiger partial charge in [0.15, 0.2) is 0 Å². The highest BCUT2D eigenvalue weighted by atomic mass is 15.2. The fourth-order valence-electron chi connectivity index (χ4n) is 2.63. The number of rotatable bonds is 3. The molecule has 4 nitrogen and oxygen atoms in total. The molecule has 0 radical (unpaired) electrons. The van der Waals surface area contributed by atoms with Crippen molar-refractivity contribution in [2.75, 3.05) is 23.7 Å². The van der Waals surface area contributed by atoms with E-state index in [0.717, 1.165) is 42.6 Å². The molecule has 4 heteroatoms. The zero-order valence-corrected chi connectivity index (χ0v) is 11.7. The Labute approximate surface area is 110 Å². The van der Waals surface area contributed by atoms with Gasteiger partial charge in [-0.3, -0.25) is 0 Å². The lowest BCUT2D eigenvalue weighted by Crippen LogP contribution is -2.36. The van der Waals surface area contributed by atoms with Crippen molar-refractivity contribution >= 4 is 11.6 Å². The normalized spacial score (nSPS) is 20.2. The summed E-state index contributed by atoms with van der Waals surface area (Å²) in [5.74, 6) is 3.33. The second-order valence-corrected chi connectivity index (χ2v) is 5.19. The monoisotopic (exact) mass is 248 g/mol. The minimum absolute atomic E-state index is 0.635. The second kappa shape index (κ2) is 5.55. The van der Waals surface area contributed by atoms with Gasteiger partial charge in [0, 0.05) is 25.1 Å². The molecule has 1 fully saturated rings. The number of aromatic nitrogens is 2. The van der Waals surface area contributed by atoms with Crippen molar-refractivity contribution in [3.05, 3.63) is 11.4 Å². The van der Waals surface area contributed by atoms with Crippen LogP contribution in [0.2, 0.25) is 0 Å². The minimum Gasteiger partial charge on any atom is -0.383 e. The molecule has 1 aromatic heterocycles. The molecular weight excluding hydrogens is 224 g/mol. The summed E-state index contributed by atoms with van der Waals surface area (Å²) in [6.45, 7) is 8.57. The van der Waals surface area contributed by atoms with Crippen LogP contribution in [0.4, 0.5) is 11.6 Å². The summed E-state index contributed by atoms with van der Waals surface area (Å²) < 4.78 is 0. The molecular formula is C14H24N4. The first kappa shape index (κ1) is 13.1. The Balaban J connectivity index is 2.28. The van der Waals surface area contributed by atoms with E-state index in [4.69, 9.17) is 5.73 Å². The average Bonchev–Trinajstić information content (AvgIpc) is 2.41. The topological polar surface area (TPSA) is 55.0 Å². The molecule has 0 spiro atoms. The van der Waals surface area contributed by atoms with Crippen molar-refractivity contribution in [1.29, 1.82) is 0 Å². The minimum atomic E-state index is 0.635. The molecule has 1 saturated heterocycles. The van der Waals surface area contributed by atoms with Crippen molar-refractivity contribution in [3.63, 3.8) is 0 Å². The van der Waals surface area contributed by atoms with E-state index in [0.29, 0.717) is 5.82 Å². The molecule has 0 aromatic carbocycles. The summed E-state index contributed by atoms with van der Waals surface area (Å²) in [5.41, 5.74) is 7.02. The first-order chi connectivity index (χ1) is 8.65. The number of anilines is 2. The molecule has 1 atom stereocenters. The second-order valence-electron chi connectivity index (χ2n) is 5.19. The fraction of sp³-hybridized carbons (Fsp3) is 0.714. The van der Waals surface area contributed by atoms with Crippen LogP contribution in [0.25, 0.3) is 0 Å². The van der Waals surface area contributed by atoms with Gasteiger partial charge in [0.05, 0.1) is 0 Å². The van der Waals surface area contributed by atoms with Gasteiger partial charge in [-0.15, -0.1) is 0 Å². The van der Waals surface area contributed by atoms with Crippen molar-refractivity contribution < 1.29 is 0 Å². The molecule has 2 N–H and O–H groups in total. The summed E-state index contributed by atoms with van der Waals surface area (Å²) in [5, 5.41) is 0. The van der Waals surface area contributed by atoms with Crippen LogP contribution in [0.1, 0.15) is 44.5 Å². The number of hydrogen-bond acceptors (Lipinski definition) is 4. The van der Waals surface area contributed by atoms with Gasteiger partial charge in [-0.1, -0.05) is 20.3 Å². The zero-order chi connectivity index (χ0) is 13.1. The Morgan fingerprint density at radius 3 is 2.78 bits per heavy atom. The molecule has 0 bridgehead atoms. The Morgan fingerprint density at radius 2 is 2.11 bits per heavy atom. The predicted molar refractivity (Wildman–Crippen MR) is 75.8 cm³/mol. The number of hydrogen-bond donors (Lipinski definition) is 1. The lowest BCUT2D eigenvalue weighted by atomic mass is 9.95. The highest BCUT2D eigenvalue weighted by Crippen LogP contribution is 2.27. The van der Waals surface area contributed by atoms with Crippen LogP contribution in [-0.4, -0.2) is 23.1 Å². The molecule has 0 aliphatic carbocycles. The van der Waals surface area contributed by atoms with E-state index in [1.807, 2.05) is 6.92 Å². The third-order valence-corrected chi connectivity index (χ3v) is 3.92. The largest absolute Gasteiger partial charge is 0.383 e. The van der Waals surface area contributed by atoms with Gasteiger partial charge in [0.25, 0.3) is 0 Å². The van der Waals surface area contributed by atoms with Gasteiger partial charge in [-0.25, -0.2) is 9.97 Å². The molecule has 0 saturated carbocycles. The summed E-state index contributed by atoms with van der Waals surface area (Å²) in [7, 11) is 0. The highest BCUT2D eigenvalue weighted by molar-refractivity contribution is 5.56. The molecule has 100 valence electrons. The van der Waals surface area contributed by atoms with Gasteiger partial charge in [-0.05, 0) is 25.7 Å². The van der Waals surface area contributed by atoms with E-state index < -0.39 is 0 Å². The Morgan fingerprint density at radius 1 is 1.33 bits per heavy atom. The van der Waals surface area contributed by atoms with Gasteiger partial charge >= 0.3 is 0 Å². The number of nitrogens with two attached hydrogens (primary N) is 1. The van der Waals surface area contributed by atoms with E-state index in [1.165, 1.54) is 19.3 Å². The lowest BCUT2D eigenvalue weighted by Gasteiger charge is -2.34. The van der Waals surface area contributed by atoms with Gasteiger partial charge in [0.1, 0.15) is 17.5 Å². The fourth-order valence-corrected chi connectivity index (χ4v) is 2.63. The molecule has 1 unspecified atom stereocenters. The van der Waals surface area contributed by atoms with E-state index in [1.54, 1.807) is 0 Å². The van der Waals surface area contributed by atoms with Crippen molar-refractivity contribution in [1.82, 2.24) is 9.97 Å². The maximum absolute atomic E-state index is 5.99. The van der Waals surface area contributed by atoms with Gasteiger partial charge in [0.2, 0.25) is 0 Å². The molecule has 1 aromatic rings. The molecule has 1 aliphatic rings. The average molecular weight is 248 g/mol. The molecule has 0 amide bonds. The first-order valence-corrected chi connectivity index (χ1v) is 7.03. The van der Waals surface area contributed by atoms with E-state index in [2.05, 4.69) is 28.7 Å². The zero-order valence-electron chi connectivity index (χ0n) is 11.7. The van der Waals surface area contributed by atoms with Crippen LogP contribution in [0, 0.1) is 12.8 Å². The number of aryl methyl sites for hydroxylation is 1. The summed E-state index contributed by atoms with van der Waals surface area (Å²) in [6.07, 6.45) is 4.68. The lowest BCUT2D eigenvalue weighted by molar-refractivity contribution is 0.402. The van der Waals surface area contributed by atoms with Crippen molar-refractivity contribution in [2.45, 2.75) is 46.5 Å². The number of nitrogens with zero attached hydrogens (tertiary/aromatic N) is 3. The van der Waals surface area contributed by atoms with Crippen LogP contribution in [0.5, 0.6) is 0 Å². The summed E-state index contributed by atoms with van der Waals surface area (Å²) in [4.78, 5) is 11.4. The summed E-state index contributed by atoms with van der Waals surface area (Å²) >= 11 is 0. The van der Waals surface area contributed by atoms with E-state index >= 15 is 0 Å². The highest BCUT2D eigenvalue weighted by Gasteiger charge is 2.22. The molecule has 2 rings (SSSR count). The van der Waals surface area contributed by atoms with Gasteiger partial charge < -0.3 is 10.6 Å². The maximum Gasteiger partial charge on any atom is 0.137 e. The smallest absolute Gasteiger partial charge is 0.137 e. The first-order valence-electron chi connectivity index (χ1n) is 7.03. The predicted octanol–water partition coefficient (Wildman–Crippen LogP) is 2.56. The number of nitrogen functional groups attached to an aromatic ring is 1. The van der Waals surface area contributed by atoms with Crippen LogP contribution >= 0.6 is 0 Å².